The van der Waals surface area contributed by atoms with Crippen LogP contribution >= 0.6 is 0 Å². The number of hydrogen-bond acceptors (Lipinski definition) is 5. The van der Waals surface area contributed by atoms with E-state index in [0.717, 1.165) is 0 Å². The van der Waals surface area contributed by atoms with Gasteiger partial charge in [-0.15, -0.1) is 0 Å². The smallest absolute Gasteiger partial charge is 0.315 e. The van der Waals surface area contributed by atoms with E-state index in [4.69, 9.17) is 15.6 Å². The van der Waals surface area contributed by atoms with Crippen LogP contribution in [0.4, 0.5) is 0 Å². The largest absolute Gasteiger partial charge is 0.481 e. The molecule has 22 heavy (non-hydrogen) atoms. The van der Waals surface area contributed by atoms with Crippen LogP contribution in [0.5, 0.6) is 0 Å². The van der Waals surface area contributed by atoms with Gasteiger partial charge in [-0.3, -0.25) is 9.59 Å². The van der Waals surface area contributed by atoms with Gasteiger partial charge in [-0.05, 0) is 32.4 Å². The van der Waals surface area contributed by atoms with E-state index in [1.54, 1.807) is 45.0 Å². The number of carbonyl (C=O) groups is 2. The molecule has 118 valence electrons. The highest BCUT2D eigenvalue weighted by Crippen LogP contribution is 2.27. The van der Waals surface area contributed by atoms with Crippen molar-refractivity contribution in [1.82, 2.24) is 0 Å². The molecule has 0 spiro atoms. The van der Waals surface area contributed by atoms with E-state index in [9.17, 15) is 14.9 Å². The van der Waals surface area contributed by atoms with Gasteiger partial charge in [0.25, 0.3) is 0 Å². The van der Waals surface area contributed by atoms with Crippen LogP contribution in [-0.2, 0) is 14.3 Å². The molecule has 0 aliphatic heterocycles. The lowest BCUT2D eigenvalue weighted by molar-refractivity contribution is -0.157. The zero-order valence-corrected chi connectivity index (χ0v) is 12.9. The molecule has 1 aromatic carbocycles. The number of nitrogens with two attached hydrogens (primary N) is 1. The number of benzene rings is 1. The Morgan fingerprint density at radius 1 is 1.36 bits per heavy atom. The van der Waals surface area contributed by atoms with Gasteiger partial charge in [-0.1, -0.05) is 18.2 Å². The lowest BCUT2D eigenvalue weighted by atomic mass is 9.87. The number of ether oxygens (including phenoxy) is 1. The number of hydrogen-bond donors (Lipinski definition) is 2. The van der Waals surface area contributed by atoms with Crippen LogP contribution in [0, 0.1) is 11.3 Å². The molecule has 1 aromatic rings. The molecule has 1 unspecified atom stereocenters. The van der Waals surface area contributed by atoms with E-state index in [1.807, 2.05) is 6.07 Å². The van der Waals surface area contributed by atoms with Gasteiger partial charge in [0.15, 0.2) is 0 Å². The third-order valence-electron chi connectivity index (χ3n) is 2.92. The van der Waals surface area contributed by atoms with Crippen LogP contribution in [0.15, 0.2) is 24.3 Å². The first-order valence-corrected chi connectivity index (χ1v) is 6.85. The van der Waals surface area contributed by atoms with Gasteiger partial charge in [0.2, 0.25) is 0 Å². The number of carboxylic acids is 1. The zero-order chi connectivity index (χ0) is 16.9. The van der Waals surface area contributed by atoms with Crippen molar-refractivity contribution in [3.05, 3.63) is 35.4 Å². The summed E-state index contributed by atoms with van der Waals surface area (Å²) in [4.78, 5) is 23.4. The highest BCUT2D eigenvalue weighted by Gasteiger charge is 2.34. The first-order valence-electron chi connectivity index (χ1n) is 6.85. The van der Waals surface area contributed by atoms with Crippen molar-refractivity contribution in [2.24, 2.45) is 5.73 Å². The minimum Gasteiger partial charge on any atom is -0.481 e. The molecule has 3 N–H and O–H groups in total. The molecule has 0 amide bonds. The van der Waals surface area contributed by atoms with Gasteiger partial charge in [0, 0.05) is 6.04 Å². The van der Waals surface area contributed by atoms with Crippen molar-refractivity contribution in [3.63, 3.8) is 0 Å². The maximum absolute atomic E-state index is 12.4. The summed E-state index contributed by atoms with van der Waals surface area (Å²) in [7, 11) is 0. The topological polar surface area (TPSA) is 113 Å². The fraction of sp³-hybridized carbons (Fsp3) is 0.438. The van der Waals surface area contributed by atoms with E-state index in [1.165, 1.54) is 0 Å². The van der Waals surface area contributed by atoms with E-state index in [0.29, 0.717) is 5.56 Å². The molecular formula is C16H20N2O4. The molecule has 0 heterocycles. The molecule has 6 nitrogen and oxygen atoms in total. The Morgan fingerprint density at radius 2 is 1.95 bits per heavy atom. The molecule has 0 aliphatic rings. The van der Waals surface area contributed by atoms with Gasteiger partial charge < -0.3 is 15.6 Å². The SMILES string of the molecule is CC(C)(C)OC(=O)C(c1ccccc1C#N)[C@H](N)CC(=O)O. The number of nitriles is 1. The average Bonchev–Trinajstić information content (AvgIpc) is 2.36. The number of rotatable bonds is 5. The Morgan fingerprint density at radius 3 is 2.45 bits per heavy atom. The van der Waals surface area contributed by atoms with E-state index < -0.39 is 35.9 Å². The van der Waals surface area contributed by atoms with E-state index >= 15 is 0 Å². The molecule has 1 rings (SSSR count). The van der Waals surface area contributed by atoms with Gasteiger partial charge in [0.05, 0.1) is 24.0 Å². The van der Waals surface area contributed by atoms with Gasteiger partial charge >= 0.3 is 11.9 Å². The predicted octanol–water partition coefficient (Wildman–Crippen LogP) is 1.79. The van der Waals surface area contributed by atoms with Crippen molar-refractivity contribution < 1.29 is 19.4 Å². The predicted molar refractivity (Wildman–Crippen MR) is 80.0 cm³/mol. The summed E-state index contributed by atoms with van der Waals surface area (Å²) in [6.45, 7) is 5.13. The fourth-order valence-corrected chi connectivity index (χ4v) is 2.09. The second-order valence-electron chi connectivity index (χ2n) is 5.97. The second-order valence-corrected chi connectivity index (χ2v) is 5.97. The molecule has 0 aromatic heterocycles. The first kappa shape index (κ1) is 17.7. The molecule has 2 atom stereocenters. The molecule has 6 heteroatoms. The summed E-state index contributed by atoms with van der Waals surface area (Å²) in [5.41, 5.74) is 5.83. The number of esters is 1. The molecule has 0 fully saturated rings. The zero-order valence-electron chi connectivity index (χ0n) is 12.9. The average molecular weight is 304 g/mol. The van der Waals surface area contributed by atoms with Crippen LogP contribution in [0.25, 0.3) is 0 Å². The van der Waals surface area contributed by atoms with Crippen LogP contribution in [0.1, 0.15) is 44.2 Å². The monoisotopic (exact) mass is 304 g/mol. The van der Waals surface area contributed by atoms with Crippen molar-refractivity contribution in [2.75, 3.05) is 0 Å². The molecule has 0 bridgehead atoms. The molecule has 0 aliphatic carbocycles. The summed E-state index contributed by atoms with van der Waals surface area (Å²) < 4.78 is 5.34. The van der Waals surface area contributed by atoms with Crippen LogP contribution in [-0.4, -0.2) is 28.7 Å². The van der Waals surface area contributed by atoms with Gasteiger partial charge in [-0.25, -0.2) is 0 Å². The Bertz CT molecular complexity index is 599. The molecule has 0 saturated carbocycles. The second kappa shape index (κ2) is 7.05. The molecule has 0 radical (unpaired) electrons. The summed E-state index contributed by atoms with van der Waals surface area (Å²) in [5.74, 6) is -2.76. The fourth-order valence-electron chi connectivity index (χ4n) is 2.09. The first-order chi connectivity index (χ1) is 10.2. The minimum absolute atomic E-state index is 0.277. The number of carboxylic acid groups (broad SMARTS) is 1. The summed E-state index contributed by atoms with van der Waals surface area (Å²) >= 11 is 0. The number of aliphatic carboxylic acids is 1. The molecular weight excluding hydrogens is 284 g/mol. The molecule has 0 saturated heterocycles. The lowest BCUT2D eigenvalue weighted by Crippen LogP contribution is -2.39. The van der Waals surface area contributed by atoms with Gasteiger partial charge in [0.1, 0.15) is 5.60 Å². The Kier molecular flexibility index (Phi) is 5.66. The Labute approximate surface area is 129 Å². The Hall–Kier alpha value is -2.39. The third-order valence-corrected chi connectivity index (χ3v) is 2.92. The van der Waals surface area contributed by atoms with Crippen molar-refractivity contribution in [3.8, 4) is 6.07 Å². The highest BCUT2D eigenvalue weighted by atomic mass is 16.6. The summed E-state index contributed by atoms with van der Waals surface area (Å²) in [6.07, 6.45) is -0.399. The van der Waals surface area contributed by atoms with Crippen LogP contribution < -0.4 is 5.73 Å². The lowest BCUT2D eigenvalue weighted by Gasteiger charge is -2.27. The summed E-state index contributed by atoms with van der Waals surface area (Å²) in [6, 6.07) is 7.49. The van der Waals surface area contributed by atoms with Crippen LogP contribution in [0.2, 0.25) is 0 Å². The van der Waals surface area contributed by atoms with Crippen LogP contribution in [0.3, 0.4) is 0 Å². The summed E-state index contributed by atoms with van der Waals surface area (Å²) in [5, 5.41) is 18.1. The number of nitrogens with zero attached hydrogens (tertiary/aromatic N) is 1. The van der Waals surface area contributed by atoms with E-state index in [2.05, 4.69) is 0 Å². The standard InChI is InChI=1S/C16H20N2O4/c1-16(2,3)22-15(21)14(12(18)8-13(19)20)11-7-5-4-6-10(11)9-17/h4-7,12,14H,8,18H2,1-3H3,(H,19,20)/t12-,14?/m1/s1. The third kappa shape index (κ3) is 4.86. The quantitative estimate of drug-likeness (QED) is 0.802. The van der Waals surface area contributed by atoms with Crippen molar-refractivity contribution >= 4 is 11.9 Å². The van der Waals surface area contributed by atoms with Gasteiger partial charge in [-0.2, -0.15) is 5.26 Å². The van der Waals surface area contributed by atoms with Crippen molar-refractivity contribution in [1.29, 1.82) is 5.26 Å². The highest BCUT2D eigenvalue weighted by molar-refractivity contribution is 5.81. The Balaban J connectivity index is 3.25. The minimum atomic E-state index is -1.12. The maximum atomic E-state index is 12.4. The maximum Gasteiger partial charge on any atom is 0.315 e. The number of carbonyl (C=O) groups excluding carboxylic acids is 1. The van der Waals surface area contributed by atoms with Crippen molar-refractivity contribution in [2.45, 2.75) is 44.8 Å². The normalized spacial score (nSPS) is 13.8. The van der Waals surface area contributed by atoms with E-state index in [-0.39, 0.29) is 5.56 Å².